The molecule has 0 spiro atoms. The lowest BCUT2D eigenvalue weighted by atomic mass is 9.81. The second-order valence-corrected chi connectivity index (χ2v) is 15.8. The molecule has 0 saturated carbocycles. The van der Waals surface area contributed by atoms with E-state index in [2.05, 4.69) is 145 Å². The lowest BCUT2D eigenvalue weighted by molar-refractivity contribution is 0.578. The first-order valence-corrected chi connectivity index (χ1v) is 19.3. The number of nitrogens with zero attached hydrogens (tertiary/aromatic N) is 2. The van der Waals surface area contributed by atoms with E-state index in [0.29, 0.717) is 0 Å². The summed E-state index contributed by atoms with van der Waals surface area (Å²) in [5.74, 6) is 0. The summed E-state index contributed by atoms with van der Waals surface area (Å²) >= 11 is 0. The molecule has 2 heteroatoms. The predicted octanol–water partition coefficient (Wildman–Crippen LogP) is 12.8. The molecule has 10 rings (SSSR count). The highest BCUT2D eigenvalue weighted by molar-refractivity contribution is 6.23. The van der Waals surface area contributed by atoms with E-state index in [9.17, 15) is 0 Å². The standard InChI is InChI=1S/C49H46N2/c1-49(2)45-16-8-7-15-39(45)42-30-36(19-24-46(42)49)48-41-23-21-37(50-25-9-3-10-26-50)31-43(41)47(35-18-17-33-13-5-6-14-34(33)29-35)40-22-20-38(32-44(40)48)51-27-11-4-12-28-51/h5-8,13-24,29-32H,3-4,9-12,25-28H2,1-2H3. The number of benzene rings is 7. The molecule has 0 atom stereocenters. The molecule has 0 unspecified atom stereocenters. The molecular weight excluding hydrogens is 617 g/mol. The van der Waals surface area contributed by atoms with Crippen molar-refractivity contribution in [1.29, 1.82) is 0 Å². The molecule has 0 N–H and O–H groups in total. The molecule has 7 aromatic rings. The Morgan fingerprint density at radius 2 is 0.941 bits per heavy atom. The molecular formula is C49H46N2. The Balaban J connectivity index is 1.29. The largest absolute Gasteiger partial charge is 0.372 e. The summed E-state index contributed by atoms with van der Waals surface area (Å²) in [7, 11) is 0. The molecule has 51 heavy (non-hydrogen) atoms. The molecule has 2 saturated heterocycles. The van der Waals surface area contributed by atoms with Crippen LogP contribution in [0.1, 0.15) is 63.5 Å². The Bertz CT molecular complexity index is 2470. The number of hydrogen-bond acceptors (Lipinski definition) is 2. The quantitative estimate of drug-likeness (QED) is 0.173. The van der Waals surface area contributed by atoms with Crippen molar-refractivity contribution < 1.29 is 0 Å². The first-order valence-electron chi connectivity index (χ1n) is 19.3. The lowest BCUT2D eigenvalue weighted by Crippen LogP contribution is -2.29. The first kappa shape index (κ1) is 30.7. The maximum Gasteiger partial charge on any atom is 0.0372 e. The smallest absolute Gasteiger partial charge is 0.0372 e. The fourth-order valence-electron chi connectivity index (χ4n) is 9.74. The zero-order valence-corrected chi connectivity index (χ0v) is 30.0. The van der Waals surface area contributed by atoms with Gasteiger partial charge in [-0.3, -0.25) is 0 Å². The lowest BCUT2D eigenvalue weighted by Gasteiger charge is -2.30. The molecule has 3 aliphatic rings. The molecule has 2 fully saturated rings. The van der Waals surface area contributed by atoms with E-state index in [0.717, 1.165) is 26.2 Å². The van der Waals surface area contributed by atoms with Crippen molar-refractivity contribution in [2.75, 3.05) is 36.0 Å². The zero-order chi connectivity index (χ0) is 34.1. The Morgan fingerprint density at radius 1 is 0.412 bits per heavy atom. The Morgan fingerprint density at radius 3 is 1.59 bits per heavy atom. The predicted molar refractivity (Wildman–Crippen MR) is 220 cm³/mol. The summed E-state index contributed by atoms with van der Waals surface area (Å²) in [5, 5.41) is 7.96. The minimum absolute atomic E-state index is 0.0146. The van der Waals surface area contributed by atoms with Gasteiger partial charge in [0.25, 0.3) is 0 Å². The molecule has 252 valence electrons. The number of anilines is 2. The van der Waals surface area contributed by atoms with Crippen LogP contribution in [0.2, 0.25) is 0 Å². The summed E-state index contributed by atoms with van der Waals surface area (Å²) in [6, 6.07) is 47.1. The van der Waals surface area contributed by atoms with Gasteiger partial charge >= 0.3 is 0 Å². The van der Waals surface area contributed by atoms with Crippen molar-refractivity contribution in [3.63, 3.8) is 0 Å². The number of rotatable bonds is 4. The minimum atomic E-state index is -0.0146. The van der Waals surface area contributed by atoms with E-state index in [4.69, 9.17) is 0 Å². The number of piperidine rings is 2. The molecule has 0 radical (unpaired) electrons. The summed E-state index contributed by atoms with van der Waals surface area (Å²) < 4.78 is 0. The van der Waals surface area contributed by atoms with Gasteiger partial charge in [0, 0.05) is 43.0 Å². The van der Waals surface area contributed by atoms with E-state index >= 15 is 0 Å². The monoisotopic (exact) mass is 662 g/mol. The third-order valence-electron chi connectivity index (χ3n) is 12.4. The summed E-state index contributed by atoms with van der Waals surface area (Å²) in [4.78, 5) is 5.23. The van der Waals surface area contributed by atoms with Crippen LogP contribution >= 0.6 is 0 Å². The molecule has 0 bridgehead atoms. The van der Waals surface area contributed by atoms with Crippen molar-refractivity contribution in [3.8, 4) is 33.4 Å². The third kappa shape index (κ3) is 4.98. The van der Waals surface area contributed by atoms with Crippen molar-refractivity contribution in [3.05, 3.63) is 132 Å². The van der Waals surface area contributed by atoms with Gasteiger partial charge in [-0.2, -0.15) is 0 Å². The minimum Gasteiger partial charge on any atom is -0.372 e. The average molecular weight is 663 g/mol. The van der Waals surface area contributed by atoms with Gasteiger partial charge < -0.3 is 9.80 Å². The zero-order valence-electron chi connectivity index (χ0n) is 30.0. The first-order chi connectivity index (χ1) is 25.0. The van der Waals surface area contributed by atoms with Crippen LogP contribution in [0.3, 0.4) is 0 Å². The Labute approximate surface area is 302 Å². The van der Waals surface area contributed by atoms with Crippen molar-refractivity contribution in [2.45, 2.75) is 57.8 Å². The summed E-state index contributed by atoms with van der Waals surface area (Å²) in [5.41, 5.74) is 13.6. The van der Waals surface area contributed by atoms with Crippen LogP contribution in [0.5, 0.6) is 0 Å². The van der Waals surface area contributed by atoms with Crippen LogP contribution in [0, 0.1) is 0 Å². The molecule has 1 aliphatic carbocycles. The highest BCUT2D eigenvalue weighted by Gasteiger charge is 2.35. The maximum absolute atomic E-state index is 2.62. The Kier molecular flexibility index (Phi) is 7.24. The fraction of sp³-hybridized carbons (Fsp3) is 0.265. The highest BCUT2D eigenvalue weighted by atomic mass is 15.1. The number of fused-ring (bicyclic) bond motifs is 6. The van der Waals surface area contributed by atoms with Gasteiger partial charge in [-0.1, -0.05) is 98.8 Å². The van der Waals surface area contributed by atoms with Crippen LogP contribution in [0.15, 0.2) is 121 Å². The topological polar surface area (TPSA) is 6.48 Å². The van der Waals surface area contributed by atoms with Gasteiger partial charge in [0.2, 0.25) is 0 Å². The van der Waals surface area contributed by atoms with Gasteiger partial charge in [0.05, 0.1) is 0 Å². The second kappa shape index (κ2) is 12.0. The van der Waals surface area contributed by atoms with Crippen LogP contribution in [0.25, 0.3) is 65.7 Å². The van der Waals surface area contributed by atoms with Crippen molar-refractivity contribution in [2.24, 2.45) is 0 Å². The fourth-order valence-corrected chi connectivity index (χ4v) is 9.74. The van der Waals surface area contributed by atoms with Gasteiger partial charge in [-0.05, 0) is 152 Å². The van der Waals surface area contributed by atoms with Crippen LogP contribution in [-0.2, 0) is 5.41 Å². The maximum atomic E-state index is 2.62. The normalized spacial score (nSPS) is 16.9. The van der Waals surface area contributed by atoms with E-state index in [-0.39, 0.29) is 5.41 Å². The average Bonchev–Trinajstić information content (AvgIpc) is 3.42. The molecule has 2 nitrogen and oxygen atoms in total. The van der Waals surface area contributed by atoms with Crippen LogP contribution < -0.4 is 9.80 Å². The van der Waals surface area contributed by atoms with E-state index in [1.54, 1.807) is 0 Å². The van der Waals surface area contributed by atoms with Gasteiger partial charge in [-0.15, -0.1) is 0 Å². The molecule has 0 amide bonds. The molecule has 2 heterocycles. The molecule has 2 aliphatic heterocycles. The number of hydrogen-bond donors (Lipinski definition) is 0. The van der Waals surface area contributed by atoms with Crippen molar-refractivity contribution >= 4 is 43.7 Å². The van der Waals surface area contributed by atoms with Crippen molar-refractivity contribution in [1.82, 2.24) is 0 Å². The molecule has 0 aromatic heterocycles. The van der Waals surface area contributed by atoms with Crippen LogP contribution in [-0.4, -0.2) is 26.2 Å². The second-order valence-electron chi connectivity index (χ2n) is 15.8. The van der Waals surface area contributed by atoms with E-state index in [1.807, 2.05) is 0 Å². The SMILES string of the molecule is CC1(C)c2ccccc2-c2cc(-c3c4ccc(N5CCCCC5)cc4c(-c4ccc5ccccc5c4)c4ccc(N5CCCCC5)cc34)ccc21. The highest BCUT2D eigenvalue weighted by Crippen LogP contribution is 2.52. The summed E-state index contributed by atoms with van der Waals surface area (Å²) in [6.45, 7) is 9.31. The van der Waals surface area contributed by atoms with E-state index in [1.165, 1.54) is 127 Å². The van der Waals surface area contributed by atoms with E-state index < -0.39 is 0 Å². The molecule has 7 aromatic carbocycles. The van der Waals surface area contributed by atoms with Gasteiger partial charge in [0.15, 0.2) is 0 Å². The third-order valence-corrected chi connectivity index (χ3v) is 12.4. The summed E-state index contributed by atoms with van der Waals surface area (Å²) in [6.07, 6.45) is 7.74. The Hall–Kier alpha value is -5.08. The van der Waals surface area contributed by atoms with Gasteiger partial charge in [0.1, 0.15) is 0 Å². The van der Waals surface area contributed by atoms with Gasteiger partial charge in [-0.25, -0.2) is 0 Å². The van der Waals surface area contributed by atoms with Crippen LogP contribution in [0.4, 0.5) is 11.4 Å².